The normalized spacial score (nSPS) is 16.0. The number of carbonyl (C=O) groups is 1. The van der Waals surface area contributed by atoms with E-state index >= 15 is 0 Å². The number of carbonyl (C=O) groups excluding carboxylic acids is 1. The van der Waals surface area contributed by atoms with Crippen LogP contribution in [-0.2, 0) is 21.9 Å². The number of amides is 1. The first kappa shape index (κ1) is 22.2. The molecule has 1 fully saturated rings. The summed E-state index contributed by atoms with van der Waals surface area (Å²) < 4.78 is 29.1. The Labute approximate surface area is 179 Å². The number of piperazine rings is 1. The third-order valence-electron chi connectivity index (χ3n) is 5.69. The Morgan fingerprint density at radius 1 is 1.07 bits per heavy atom. The van der Waals surface area contributed by atoms with E-state index in [2.05, 4.69) is 18.9 Å². The van der Waals surface area contributed by atoms with E-state index in [4.69, 9.17) is 0 Å². The summed E-state index contributed by atoms with van der Waals surface area (Å²) in [5, 5.41) is 4.35. The van der Waals surface area contributed by atoms with Crippen molar-refractivity contribution in [2.45, 2.75) is 38.5 Å². The fraction of sp³-hybridized carbons (Fsp3) is 0.455. The quantitative estimate of drug-likeness (QED) is 0.684. The highest BCUT2D eigenvalue weighted by Gasteiger charge is 2.29. The van der Waals surface area contributed by atoms with Crippen LogP contribution in [-0.4, -0.2) is 59.5 Å². The Hall–Kier alpha value is -2.45. The van der Waals surface area contributed by atoms with E-state index in [9.17, 15) is 13.2 Å². The molecule has 0 atom stereocenters. The molecule has 3 rings (SSSR count). The van der Waals surface area contributed by atoms with E-state index in [0.29, 0.717) is 37.0 Å². The number of benzene rings is 1. The van der Waals surface area contributed by atoms with Gasteiger partial charge in [0.2, 0.25) is 15.9 Å². The van der Waals surface area contributed by atoms with Crippen molar-refractivity contribution in [1.29, 1.82) is 0 Å². The molecule has 7 nitrogen and oxygen atoms in total. The fourth-order valence-corrected chi connectivity index (χ4v) is 5.04. The van der Waals surface area contributed by atoms with Crippen molar-refractivity contribution in [2.75, 3.05) is 26.2 Å². The molecule has 8 heteroatoms. The second-order valence-corrected chi connectivity index (χ2v) is 9.93. The van der Waals surface area contributed by atoms with Gasteiger partial charge in [-0.2, -0.15) is 9.40 Å². The molecule has 2 aromatic rings. The molecule has 1 aliphatic heterocycles. The van der Waals surface area contributed by atoms with Crippen LogP contribution in [0.5, 0.6) is 0 Å². The molecule has 1 amide bonds. The second kappa shape index (κ2) is 8.73. The highest BCUT2D eigenvalue weighted by Crippen LogP contribution is 2.21. The first-order valence-corrected chi connectivity index (χ1v) is 11.6. The fourth-order valence-electron chi connectivity index (χ4n) is 3.61. The minimum absolute atomic E-state index is 0.115. The zero-order chi connectivity index (χ0) is 22.1. The lowest BCUT2D eigenvalue weighted by molar-refractivity contribution is -0.127. The van der Waals surface area contributed by atoms with Gasteiger partial charge in [0.1, 0.15) is 0 Å². The molecule has 0 bridgehead atoms. The van der Waals surface area contributed by atoms with Gasteiger partial charge in [-0.1, -0.05) is 26.0 Å². The monoisotopic (exact) mass is 430 g/mol. The van der Waals surface area contributed by atoms with Crippen molar-refractivity contribution >= 4 is 22.0 Å². The number of nitrogens with zero attached hydrogens (tertiary/aromatic N) is 4. The van der Waals surface area contributed by atoms with Gasteiger partial charge in [-0.25, -0.2) is 8.42 Å². The van der Waals surface area contributed by atoms with Crippen molar-refractivity contribution < 1.29 is 13.2 Å². The number of hydrogen-bond donors (Lipinski definition) is 0. The van der Waals surface area contributed by atoms with E-state index < -0.39 is 10.0 Å². The van der Waals surface area contributed by atoms with E-state index in [1.807, 2.05) is 33.0 Å². The third kappa shape index (κ3) is 4.49. The Bertz CT molecular complexity index is 1040. The van der Waals surface area contributed by atoms with Crippen LogP contribution in [0.25, 0.3) is 6.08 Å². The molecule has 0 radical (unpaired) electrons. The molecule has 0 saturated carbocycles. The van der Waals surface area contributed by atoms with E-state index in [1.54, 1.807) is 33.9 Å². The molecule has 1 aliphatic rings. The van der Waals surface area contributed by atoms with Gasteiger partial charge in [-0.15, -0.1) is 0 Å². The highest BCUT2D eigenvalue weighted by atomic mass is 32.2. The molecule has 2 heterocycles. The first-order valence-electron chi connectivity index (χ1n) is 10.2. The van der Waals surface area contributed by atoms with Crippen molar-refractivity contribution in [2.24, 2.45) is 7.05 Å². The van der Waals surface area contributed by atoms with Crippen LogP contribution in [0.1, 0.15) is 42.3 Å². The summed E-state index contributed by atoms with van der Waals surface area (Å²) in [6.45, 7) is 9.35. The summed E-state index contributed by atoms with van der Waals surface area (Å²) in [6.07, 6.45) is 3.34. The van der Waals surface area contributed by atoms with Gasteiger partial charge in [0.25, 0.3) is 0 Å². The van der Waals surface area contributed by atoms with Gasteiger partial charge in [0, 0.05) is 50.6 Å². The predicted octanol–water partition coefficient (Wildman–Crippen LogP) is 2.71. The second-order valence-electron chi connectivity index (χ2n) is 7.99. The summed E-state index contributed by atoms with van der Waals surface area (Å²) in [4.78, 5) is 14.6. The lowest BCUT2D eigenvalue weighted by Gasteiger charge is -2.33. The number of aromatic nitrogens is 2. The predicted molar refractivity (Wildman–Crippen MR) is 118 cm³/mol. The summed E-state index contributed by atoms with van der Waals surface area (Å²) in [5.41, 5.74) is 3.92. The summed E-state index contributed by atoms with van der Waals surface area (Å²) in [5.74, 6) is 0.236. The molecule has 0 N–H and O–H groups in total. The van der Waals surface area contributed by atoms with Gasteiger partial charge in [-0.05, 0) is 43.5 Å². The van der Waals surface area contributed by atoms with Crippen LogP contribution in [0.15, 0.2) is 35.2 Å². The van der Waals surface area contributed by atoms with E-state index in [0.717, 1.165) is 22.5 Å². The number of sulfonamides is 1. The van der Waals surface area contributed by atoms with Gasteiger partial charge < -0.3 is 4.90 Å². The average molecular weight is 431 g/mol. The lowest BCUT2D eigenvalue weighted by Crippen LogP contribution is -2.50. The summed E-state index contributed by atoms with van der Waals surface area (Å²) in [7, 11) is -1.68. The van der Waals surface area contributed by atoms with Gasteiger partial charge >= 0.3 is 0 Å². The van der Waals surface area contributed by atoms with Crippen LogP contribution in [0, 0.1) is 13.8 Å². The maximum absolute atomic E-state index is 12.9. The minimum atomic E-state index is -3.55. The third-order valence-corrected chi connectivity index (χ3v) is 7.61. The first-order chi connectivity index (χ1) is 14.1. The molecule has 30 heavy (non-hydrogen) atoms. The van der Waals surface area contributed by atoms with Gasteiger partial charge in [0.05, 0.1) is 10.6 Å². The van der Waals surface area contributed by atoms with Crippen LogP contribution in [0.4, 0.5) is 0 Å². The minimum Gasteiger partial charge on any atom is -0.337 e. The molecule has 0 spiro atoms. The molecule has 0 aliphatic carbocycles. The number of hydrogen-bond acceptors (Lipinski definition) is 4. The maximum Gasteiger partial charge on any atom is 0.246 e. The molecule has 1 aromatic heterocycles. The number of aryl methyl sites for hydroxylation is 2. The van der Waals surface area contributed by atoms with Crippen LogP contribution in [0.3, 0.4) is 0 Å². The number of rotatable bonds is 5. The maximum atomic E-state index is 12.9. The molecule has 162 valence electrons. The Morgan fingerprint density at radius 2 is 1.67 bits per heavy atom. The molecule has 1 saturated heterocycles. The standard InChI is InChI=1S/C22H30N4O3S/c1-16(2)19-6-8-20(9-7-19)30(28,29)26-14-12-25(13-15-26)22(27)11-10-21-17(3)23-24(5)18(21)4/h6-11,16H,12-15H2,1-5H3/b11-10+. The van der Waals surface area contributed by atoms with E-state index in [-0.39, 0.29) is 5.91 Å². The van der Waals surface area contributed by atoms with Gasteiger partial charge in [0.15, 0.2) is 0 Å². The molecular weight excluding hydrogens is 400 g/mol. The average Bonchev–Trinajstić information content (AvgIpc) is 2.97. The van der Waals surface area contributed by atoms with Crippen molar-refractivity contribution in [3.05, 3.63) is 52.9 Å². The zero-order valence-electron chi connectivity index (χ0n) is 18.3. The SMILES string of the molecule is Cc1nn(C)c(C)c1/C=C/C(=O)N1CCN(S(=O)(=O)c2ccc(C(C)C)cc2)CC1. The highest BCUT2D eigenvalue weighted by molar-refractivity contribution is 7.89. The molecular formula is C22H30N4O3S. The summed E-state index contributed by atoms with van der Waals surface area (Å²) in [6, 6.07) is 7.07. The van der Waals surface area contributed by atoms with Crippen molar-refractivity contribution in [3.8, 4) is 0 Å². The molecule has 1 aromatic carbocycles. The zero-order valence-corrected chi connectivity index (χ0v) is 19.1. The Morgan fingerprint density at radius 3 is 2.17 bits per heavy atom. The van der Waals surface area contributed by atoms with E-state index in [1.165, 1.54) is 4.31 Å². The Kier molecular flexibility index (Phi) is 6.47. The Balaban J connectivity index is 1.63. The largest absolute Gasteiger partial charge is 0.337 e. The van der Waals surface area contributed by atoms with Crippen molar-refractivity contribution in [3.63, 3.8) is 0 Å². The van der Waals surface area contributed by atoms with Gasteiger partial charge in [-0.3, -0.25) is 9.48 Å². The summed E-state index contributed by atoms with van der Waals surface area (Å²) >= 11 is 0. The lowest BCUT2D eigenvalue weighted by atomic mass is 10.0. The van der Waals surface area contributed by atoms with Crippen LogP contribution in [0.2, 0.25) is 0 Å². The van der Waals surface area contributed by atoms with Crippen molar-refractivity contribution in [1.82, 2.24) is 19.0 Å². The van der Waals surface area contributed by atoms with Crippen LogP contribution >= 0.6 is 0 Å². The molecule has 0 unspecified atom stereocenters. The smallest absolute Gasteiger partial charge is 0.246 e. The van der Waals surface area contributed by atoms with Crippen LogP contribution < -0.4 is 0 Å². The topological polar surface area (TPSA) is 75.5 Å².